The van der Waals surface area contributed by atoms with Crippen LogP contribution in [0.5, 0.6) is 0 Å². The van der Waals surface area contributed by atoms with Crippen LogP contribution in [0.3, 0.4) is 0 Å². The molecule has 1 atom stereocenters. The molecule has 110 valence electrons. The maximum atomic E-state index is 13.7. The van der Waals surface area contributed by atoms with Crippen LogP contribution in [0.4, 0.5) is 8.78 Å². The van der Waals surface area contributed by atoms with E-state index in [2.05, 4.69) is 15.9 Å². The van der Waals surface area contributed by atoms with Crippen LogP contribution in [0, 0.1) is 17.6 Å². The molecule has 1 unspecified atom stereocenters. The van der Waals surface area contributed by atoms with E-state index in [1.807, 2.05) is 0 Å². The second-order valence-electron chi connectivity index (χ2n) is 4.81. The molecular weight excluding hydrogens is 342 g/mol. The van der Waals surface area contributed by atoms with E-state index in [1.165, 1.54) is 24.3 Å². The van der Waals surface area contributed by atoms with E-state index in [1.54, 1.807) is 18.2 Å². The van der Waals surface area contributed by atoms with Crippen molar-refractivity contribution in [3.63, 3.8) is 0 Å². The van der Waals surface area contributed by atoms with Crippen LogP contribution in [0.1, 0.15) is 11.1 Å². The summed E-state index contributed by atoms with van der Waals surface area (Å²) in [5, 5.41) is 9.30. The number of aliphatic carboxylic acids is 1. The number of hydrogen-bond donors (Lipinski definition) is 1. The summed E-state index contributed by atoms with van der Waals surface area (Å²) in [5.41, 5.74) is 0.908. The Morgan fingerprint density at radius 2 is 1.90 bits per heavy atom. The monoisotopic (exact) mass is 354 g/mol. The van der Waals surface area contributed by atoms with Gasteiger partial charge in [-0.2, -0.15) is 0 Å². The van der Waals surface area contributed by atoms with E-state index in [4.69, 9.17) is 0 Å². The van der Waals surface area contributed by atoms with Crippen LogP contribution < -0.4 is 0 Å². The minimum absolute atomic E-state index is 0.0527. The lowest BCUT2D eigenvalue weighted by molar-refractivity contribution is -0.141. The first-order valence-electron chi connectivity index (χ1n) is 6.37. The summed E-state index contributed by atoms with van der Waals surface area (Å²) in [6, 6.07) is 10.2. The maximum absolute atomic E-state index is 13.7. The predicted molar refractivity (Wildman–Crippen MR) is 79.0 cm³/mol. The van der Waals surface area contributed by atoms with Crippen molar-refractivity contribution in [1.82, 2.24) is 0 Å². The molecule has 5 heteroatoms. The van der Waals surface area contributed by atoms with Gasteiger partial charge in [0.05, 0.1) is 5.92 Å². The molecule has 0 heterocycles. The van der Waals surface area contributed by atoms with Gasteiger partial charge in [0.15, 0.2) is 0 Å². The Hall–Kier alpha value is -1.75. The van der Waals surface area contributed by atoms with E-state index in [-0.39, 0.29) is 12.8 Å². The Morgan fingerprint density at radius 1 is 1.14 bits per heavy atom. The van der Waals surface area contributed by atoms with Crippen molar-refractivity contribution in [1.29, 1.82) is 0 Å². The number of carbonyl (C=O) groups is 1. The third-order valence-electron chi connectivity index (χ3n) is 3.19. The molecule has 0 amide bonds. The number of benzene rings is 2. The number of rotatable bonds is 5. The van der Waals surface area contributed by atoms with Crippen LogP contribution in [0.15, 0.2) is 46.9 Å². The molecule has 0 aliphatic carbocycles. The molecule has 2 aromatic carbocycles. The average Bonchev–Trinajstić information content (AvgIpc) is 2.42. The highest BCUT2D eigenvalue weighted by Crippen LogP contribution is 2.21. The second kappa shape index (κ2) is 6.80. The van der Waals surface area contributed by atoms with Gasteiger partial charge in [-0.05, 0) is 54.3 Å². The van der Waals surface area contributed by atoms with Crippen molar-refractivity contribution >= 4 is 21.9 Å². The third kappa shape index (κ3) is 4.36. The summed E-state index contributed by atoms with van der Waals surface area (Å²) >= 11 is 3.24. The fourth-order valence-electron chi connectivity index (χ4n) is 2.16. The van der Waals surface area contributed by atoms with Gasteiger partial charge in [0, 0.05) is 4.47 Å². The topological polar surface area (TPSA) is 37.3 Å². The van der Waals surface area contributed by atoms with E-state index in [0.29, 0.717) is 15.6 Å². The summed E-state index contributed by atoms with van der Waals surface area (Å²) in [7, 11) is 0. The number of carboxylic acid groups (broad SMARTS) is 1. The summed E-state index contributed by atoms with van der Waals surface area (Å²) in [4.78, 5) is 11.4. The summed E-state index contributed by atoms with van der Waals surface area (Å²) in [5.74, 6) is -2.69. The lowest BCUT2D eigenvalue weighted by atomic mass is 9.92. The zero-order valence-corrected chi connectivity index (χ0v) is 12.6. The largest absolute Gasteiger partial charge is 0.481 e. The SMILES string of the molecule is O=C(O)C(Cc1cccc(F)c1)Cc1cc(Br)ccc1F. The second-order valence-corrected chi connectivity index (χ2v) is 5.72. The normalized spacial score (nSPS) is 12.1. The minimum Gasteiger partial charge on any atom is -0.481 e. The highest BCUT2D eigenvalue weighted by Gasteiger charge is 2.20. The van der Waals surface area contributed by atoms with Gasteiger partial charge >= 0.3 is 5.97 Å². The van der Waals surface area contributed by atoms with Gasteiger partial charge in [-0.25, -0.2) is 8.78 Å². The fraction of sp³-hybridized carbons (Fsp3) is 0.188. The van der Waals surface area contributed by atoms with E-state index in [9.17, 15) is 18.7 Å². The molecule has 0 aliphatic heterocycles. The van der Waals surface area contributed by atoms with Gasteiger partial charge in [-0.1, -0.05) is 28.1 Å². The van der Waals surface area contributed by atoms with Crippen molar-refractivity contribution in [3.05, 3.63) is 69.7 Å². The molecule has 0 bridgehead atoms. The van der Waals surface area contributed by atoms with Crippen LogP contribution in [0.25, 0.3) is 0 Å². The molecule has 2 aromatic rings. The maximum Gasteiger partial charge on any atom is 0.307 e. The molecule has 0 aliphatic rings. The van der Waals surface area contributed by atoms with Gasteiger partial charge in [-0.3, -0.25) is 4.79 Å². The van der Waals surface area contributed by atoms with Crippen molar-refractivity contribution in [2.24, 2.45) is 5.92 Å². The van der Waals surface area contributed by atoms with Gasteiger partial charge in [0.2, 0.25) is 0 Å². The highest BCUT2D eigenvalue weighted by atomic mass is 79.9. The molecule has 1 N–H and O–H groups in total. The smallest absolute Gasteiger partial charge is 0.307 e. The lowest BCUT2D eigenvalue weighted by Crippen LogP contribution is -2.19. The molecule has 2 rings (SSSR count). The summed E-state index contributed by atoms with van der Waals surface area (Å²) < 4.78 is 27.6. The van der Waals surface area contributed by atoms with Crippen molar-refractivity contribution in [2.45, 2.75) is 12.8 Å². The summed E-state index contributed by atoms with van der Waals surface area (Å²) in [6.07, 6.45) is 0.205. The Labute approximate surface area is 129 Å². The molecule has 0 spiro atoms. The van der Waals surface area contributed by atoms with Crippen LogP contribution in [-0.2, 0) is 17.6 Å². The van der Waals surface area contributed by atoms with E-state index in [0.717, 1.165) is 0 Å². The molecule has 0 fully saturated rings. The first-order chi connectivity index (χ1) is 9.95. The molecule has 2 nitrogen and oxygen atoms in total. The van der Waals surface area contributed by atoms with Crippen LogP contribution in [-0.4, -0.2) is 11.1 Å². The van der Waals surface area contributed by atoms with E-state index >= 15 is 0 Å². The standard InChI is InChI=1S/C16H13BrF2O2/c17-13-4-5-15(19)11(9-13)8-12(16(20)21)6-10-2-1-3-14(18)7-10/h1-5,7,9,12H,6,8H2,(H,20,21). The fourth-order valence-corrected chi connectivity index (χ4v) is 2.57. The van der Waals surface area contributed by atoms with Crippen LogP contribution in [0.2, 0.25) is 0 Å². The number of hydrogen-bond acceptors (Lipinski definition) is 1. The first-order valence-corrected chi connectivity index (χ1v) is 7.16. The zero-order chi connectivity index (χ0) is 15.4. The number of carboxylic acids is 1. The molecule has 0 saturated carbocycles. The molecule has 0 saturated heterocycles. The third-order valence-corrected chi connectivity index (χ3v) is 3.69. The van der Waals surface area contributed by atoms with Crippen molar-refractivity contribution in [3.8, 4) is 0 Å². The Morgan fingerprint density at radius 3 is 2.57 bits per heavy atom. The molecular formula is C16H13BrF2O2. The quantitative estimate of drug-likeness (QED) is 0.872. The first kappa shape index (κ1) is 15.6. The van der Waals surface area contributed by atoms with Gasteiger partial charge in [-0.15, -0.1) is 0 Å². The van der Waals surface area contributed by atoms with E-state index < -0.39 is 23.5 Å². The Kier molecular flexibility index (Phi) is 5.07. The molecule has 21 heavy (non-hydrogen) atoms. The van der Waals surface area contributed by atoms with Gasteiger partial charge in [0.1, 0.15) is 11.6 Å². The molecule has 0 radical (unpaired) electrons. The van der Waals surface area contributed by atoms with Crippen LogP contribution >= 0.6 is 15.9 Å². The Balaban J connectivity index is 2.20. The minimum atomic E-state index is -1.03. The Bertz CT molecular complexity index is 658. The molecule has 0 aromatic heterocycles. The predicted octanol–water partition coefficient (Wildman–Crippen LogP) is 4.21. The lowest BCUT2D eigenvalue weighted by Gasteiger charge is -2.13. The van der Waals surface area contributed by atoms with Crippen molar-refractivity contribution in [2.75, 3.05) is 0 Å². The van der Waals surface area contributed by atoms with Gasteiger partial charge in [0.25, 0.3) is 0 Å². The summed E-state index contributed by atoms with van der Waals surface area (Å²) in [6.45, 7) is 0. The van der Waals surface area contributed by atoms with Crippen molar-refractivity contribution < 1.29 is 18.7 Å². The van der Waals surface area contributed by atoms with Gasteiger partial charge < -0.3 is 5.11 Å². The zero-order valence-electron chi connectivity index (χ0n) is 11.0. The average molecular weight is 355 g/mol. The number of halogens is 3. The highest BCUT2D eigenvalue weighted by molar-refractivity contribution is 9.10.